The largest absolute Gasteiger partial charge is 0.361 e. The summed E-state index contributed by atoms with van der Waals surface area (Å²) < 4.78 is 31.9. The van der Waals surface area contributed by atoms with Crippen molar-refractivity contribution in [1.82, 2.24) is 4.90 Å². The maximum atomic E-state index is 13.3. The third-order valence-corrected chi connectivity index (χ3v) is 9.02. The van der Waals surface area contributed by atoms with Gasteiger partial charge in [-0.15, -0.1) is 0 Å². The molecule has 0 aromatic heterocycles. The monoisotopic (exact) mass is 495 g/mol. The van der Waals surface area contributed by atoms with Gasteiger partial charge in [-0.05, 0) is 68.0 Å². The van der Waals surface area contributed by atoms with Gasteiger partial charge in [0, 0.05) is 16.1 Å². The van der Waals surface area contributed by atoms with Gasteiger partial charge < -0.3 is 9.64 Å². The number of rotatable bonds is 7. The van der Waals surface area contributed by atoms with E-state index in [0.29, 0.717) is 10.0 Å². The van der Waals surface area contributed by atoms with Crippen molar-refractivity contribution in [3.63, 3.8) is 0 Å². The fourth-order valence-electron chi connectivity index (χ4n) is 4.33. The van der Waals surface area contributed by atoms with Crippen LogP contribution in [-0.2, 0) is 19.4 Å². The molecular weight excluding hydrogens is 469 g/mol. The third kappa shape index (κ3) is 4.98. The van der Waals surface area contributed by atoms with Crippen molar-refractivity contribution in [2.75, 3.05) is 12.4 Å². The molecule has 0 bridgehead atoms. The summed E-state index contributed by atoms with van der Waals surface area (Å²) in [6, 6.07) is 13.8. The molecule has 2 fully saturated rings. The highest BCUT2D eigenvalue weighted by molar-refractivity contribution is 7.92. The Morgan fingerprint density at radius 1 is 1.03 bits per heavy atom. The second-order valence-corrected chi connectivity index (χ2v) is 12.3. The van der Waals surface area contributed by atoms with E-state index in [1.807, 2.05) is 30.3 Å². The van der Waals surface area contributed by atoms with Crippen molar-refractivity contribution in [2.24, 2.45) is 5.92 Å². The van der Waals surface area contributed by atoms with Gasteiger partial charge in [0.05, 0.1) is 17.0 Å². The van der Waals surface area contributed by atoms with Gasteiger partial charge in [-0.2, -0.15) is 0 Å². The summed E-state index contributed by atoms with van der Waals surface area (Å²) in [6.07, 6.45) is 1.35. The summed E-state index contributed by atoms with van der Waals surface area (Å²) >= 11 is 12.4. The number of sulfone groups is 1. The summed E-state index contributed by atoms with van der Waals surface area (Å²) in [4.78, 5) is 15.0. The standard InChI is InChI=1S/C24H27Cl2NO4S/c1-15(2)32(29,30)14-21(16-6-7-16)27-22(28)13-31-24(18-4-3-5-20(26)12-18)23(27)17-8-10-19(25)11-9-17/h3-5,8-12,15-16,21,23-24H,6-7,13-14H2,1-2H3. The fourth-order valence-corrected chi connectivity index (χ4v) is 5.95. The first-order chi connectivity index (χ1) is 15.2. The highest BCUT2D eigenvalue weighted by atomic mass is 35.5. The lowest BCUT2D eigenvalue weighted by Crippen LogP contribution is -2.54. The van der Waals surface area contributed by atoms with Gasteiger partial charge in [-0.25, -0.2) is 8.42 Å². The molecule has 5 nitrogen and oxygen atoms in total. The number of carbonyl (C=O) groups excluding carboxylic acids is 1. The summed E-state index contributed by atoms with van der Waals surface area (Å²) in [5.74, 6) is -0.0765. The molecule has 1 saturated heterocycles. The topological polar surface area (TPSA) is 63.7 Å². The molecule has 0 radical (unpaired) electrons. The summed E-state index contributed by atoms with van der Waals surface area (Å²) in [5.41, 5.74) is 1.69. The molecule has 2 aliphatic rings. The van der Waals surface area contributed by atoms with Crippen LogP contribution in [0.2, 0.25) is 10.0 Å². The number of ether oxygens (including phenoxy) is 1. The van der Waals surface area contributed by atoms with Gasteiger partial charge in [0.1, 0.15) is 12.7 Å². The lowest BCUT2D eigenvalue weighted by molar-refractivity contribution is -0.163. The zero-order valence-corrected chi connectivity index (χ0v) is 20.4. The minimum absolute atomic E-state index is 0.0482. The van der Waals surface area contributed by atoms with E-state index in [0.717, 1.165) is 24.0 Å². The van der Waals surface area contributed by atoms with Gasteiger partial charge in [-0.3, -0.25) is 4.79 Å². The average Bonchev–Trinajstić information content (AvgIpc) is 3.58. The van der Waals surface area contributed by atoms with Crippen molar-refractivity contribution >= 4 is 38.9 Å². The van der Waals surface area contributed by atoms with E-state index in [1.165, 1.54) is 0 Å². The average molecular weight is 496 g/mol. The molecular formula is C24H27Cl2NO4S. The third-order valence-electron chi connectivity index (χ3n) is 6.29. The lowest BCUT2D eigenvalue weighted by atomic mass is 9.91. The van der Waals surface area contributed by atoms with Crippen LogP contribution in [0.25, 0.3) is 0 Å². The van der Waals surface area contributed by atoms with Crippen LogP contribution >= 0.6 is 23.2 Å². The molecule has 8 heteroatoms. The predicted octanol–water partition coefficient (Wildman–Crippen LogP) is 5.24. The molecule has 2 aromatic rings. The molecule has 1 heterocycles. The summed E-state index contributed by atoms with van der Waals surface area (Å²) in [6.45, 7) is 3.27. The maximum Gasteiger partial charge on any atom is 0.249 e. The quantitative estimate of drug-likeness (QED) is 0.526. The first-order valence-corrected chi connectivity index (χ1v) is 13.3. The number of hydrogen-bond acceptors (Lipinski definition) is 4. The Labute approximate surface area is 199 Å². The summed E-state index contributed by atoms with van der Waals surface area (Å²) in [5, 5.41) is 0.659. The molecule has 2 aromatic carbocycles. The molecule has 1 aliphatic heterocycles. The number of benzene rings is 2. The first kappa shape index (κ1) is 23.6. The Morgan fingerprint density at radius 2 is 1.72 bits per heavy atom. The smallest absolute Gasteiger partial charge is 0.249 e. The number of carbonyl (C=O) groups is 1. The number of hydrogen-bond donors (Lipinski definition) is 0. The second kappa shape index (κ2) is 9.34. The number of halogens is 2. The Bertz CT molecular complexity index is 1080. The van der Waals surface area contributed by atoms with Gasteiger partial charge in [0.25, 0.3) is 0 Å². The van der Waals surface area contributed by atoms with Crippen LogP contribution in [0.4, 0.5) is 0 Å². The van der Waals surface area contributed by atoms with Gasteiger partial charge in [0.2, 0.25) is 5.91 Å². The Balaban J connectivity index is 1.81. The molecule has 32 heavy (non-hydrogen) atoms. The first-order valence-electron chi connectivity index (χ1n) is 10.8. The molecule has 1 aliphatic carbocycles. The van der Waals surface area contributed by atoms with Crippen LogP contribution in [0, 0.1) is 5.92 Å². The van der Waals surface area contributed by atoms with Crippen LogP contribution < -0.4 is 0 Å². The van der Waals surface area contributed by atoms with E-state index in [1.54, 1.807) is 36.9 Å². The Hall–Kier alpha value is -1.60. The molecule has 1 saturated carbocycles. The van der Waals surface area contributed by atoms with Crippen molar-refractivity contribution in [3.05, 3.63) is 69.7 Å². The Kier molecular flexibility index (Phi) is 6.87. The zero-order chi connectivity index (χ0) is 23.0. The van der Waals surface area contributed by atoms with E-state index in [9.17, 15) is 13.2 Å². The normalized spacial score (nSPS) is 22.9. The molecule has 3 unspecified atom stereocenters. The highest BCUT2D eigenvalue weighted by Gasteiger charge is 2.48. The lowest BCUT2D eigenvalue weighted by Gasteiger charge is -2.46. The van der Waals surface area contributed by atoms with Crippen LogP contribution in [0.5, 0.6) is 0 Å². The van der Waals surface area contributed by atoms with Gasteiger partial charge in [-0.1, -0.05) is 47.5 Å². The number of morpholine rings is 1. The van der Waals surface area contributed by atoms with E-state index in [2.05, 4.69) is 0 Å². The van der Waals surface area contributed by atoms with E-state index >= 15 is 0 Å². The number of nitrogens with zero attached hydrogens (tertiary/aromatic N) is 1. The zero-order valence-electron chi connectivity index (χ0n) is 18.1. The van der Waals surface area contributed by atoms with Crippen molar-refractivity contribution in [1.29, 1.82) is 0 Å². The van der Waals surface area contributed by atoms with Crippen molar-refractivity contribution in [2.45, 2.75) is 50.1 Å². The Morgan fingerprint density at radius 3 is 2.31 bits per heavy atom. The van der Waals surface area contributed by atoms with Crippen LogP contribution in [0.15, 0.2) is 48.5 Å². The number of amides is 1. The van der Waals surface area contributed by atoms with E-state index in [-0.39, 0.29) is 24.2 Å². The van der Waals surface area contributed by atoms with Gasteiger partial charge in [0.15, 0.2) is 9.84 Å². The molecule has 172 valence electrons. The van der Waals surface area contributed by atoms with Crippen molar-refractivity contribution < 1.29 is 17.9 Å². The van der Waals surface area contributed by atoms with Crippen LogP contribution in [0.3, 0.4) is 0 Å². The van der Waals surface area contributed by atoms with E-state index < -0.39 is 33.3 Å². The molecule has 0 N–H and O–H groups in total. The minimum atomic E-state index is -3.35. The molecule has 1 amide bonds. The summed E-state index contributed by atoms with van der Waals surface area (Å²) in [7, 11) is -3.35. The molecule has 3 atom stereocenters. The molecule has 4 rings (SSSR count). The minimum Gasteiger partial charge on any atom is -0.361 e. The maximum absolute atomic E-state index is 13.3. The SMILES string of the molecule is CC(C)S(=O)(=O)CC(C1CC1)N1C(=O)COC(c2cccc(Cl)c2)C1c1ccc(Cl)cc1. The highest BCUT2D eigenvalue weighted by Crippen LogP contribution is 2.46. The second-order valence-electron chi connectivity index (χ2n) is 8.87. The van der Waals surface area contributed by atoms with Gasteiger partial charge >= 0.3 is 0 Å². The van der Waals surface area contributed by atoms with Crippen LogP contribution in [0.1, 0.15) is 50.0 Å². The van der Waals surface area contributed by atoms with Crippen molar-refractivity contribution in [3.8, 4) is 0 Å². The van der Waals surface area contributed by atoms with E-state index in [4.69, 9.17) is 27.9 Å². The fraction of sp³-hybridized carbons (Fsp3) is 0.458. The molecule has 0 spiro atoms. The predicted molar refractivity (Wildman–Crippen MR) is 127 cm³/mol. The van der Waals surface area contributed by atoms with Crippen LogP contribution in [-0.4, -0.2) is 42.9 Å².